The molecule has 6 nitrogen and oxygen atoms in total. The maximum atomic E-state index is 11.4. The highest BCUT2D eigenvalue weighted by Crippen LogP contribution is 2.40. The van der Waals surface area contributed by atoms with Crippen LogP contribution in [0.25, 0.3) is 0 Å². The molecule has 0 heterocycles. The van der Waals surface area contributed by atoms with Crippen molar-refractivity contribution in [2.75, 3.05) is 5.32 Å². The number of carbonyl (C=O) groups excluding carboxylic acids is 1. The van der Waals surface area contributed by atoms with Crippen LogP contribution in [0.4, 0.5) is 11.4 Å². The molecule has 0 atom stereocenters. The van der Waals surface area contributed by atoms with Crippen molar-refractivity contribution in [1.29, 1.82) is 0 Å². The Balaban J connectivity index is 1.85. The average molecular weight is 431 g/mol. The number of anilines is 2. The number of carbonyl (C=O) groups is 2. The van der Waals surface area contributed by atoms with E-state index in [4.69, 9.17) is 33.7 Å². The summed E-state index contributed by atoms with van der Waals surface area (Å²) >= 11 is 12.7. The minimum atomic E-state index is -1.08. The van der Waals surface area contributed by atoms with Gasteiger partial charge in [0.25, 0.3) is 0 Å². The number of hydrogen-bond donors (Lipinski definition) is 3. The van der Waals surface area contributed by atoms with Gasteiger partial charge in [-0.15, -0.1) is 0 Å². The van der Waals surface area contributed by atoms with Gasteiger partial charge in [-0.25, -0.2) is 4.79 Å². The minimum absolute atomic E-state index is 0.0780. The van der Waals surface area contributed by atoms with Crippen LogP contribution in [0, 0.1) is 0 Å². The molecule has 0 spiro atoms. The number of para-hydroxylation sites is 1. The van der Waals surface area contributed by atoms with E-state index >= 15 is 0 Å². The smallest absolute Gasteiger partial charge is 0.337 e. The third-order valence-electron chi connectivity index (χ3n) is 4.08. The molecule has 3 aromatic carbocycles. The van der Waals surface area contributed by atoms with Gasteiger partial charge in [-0.05, 0) is 42.0 Å². The van der Waals surface area contributed by atoms with Crippen LogP contribution in [0.15, 0.2) is 60.7 Å². The number of nitrogens with one attached hydrogen (secondary N) is 1. The maximum absolute atomic E-state index is 11.4. The number of hydrogen-bond acceptors (Lipinski definition) is 4. The molecule has 0 saturated carbocycles. The van der Waals surface area contributed by atoms with Crippen LogP contribution >= 0.6 is 23.2 Å². The molecule has 0 bridgehead atoms. The fourth-order valence-electron chi connectivity index (χ4n) is 2.65. The summed E-state index contributed by atoms with van der Waals surface area (Å²) < 4.78 is 5.77. The highest BCUT2D eigenvalue weighted by Gasteiger charge is 2.16. The van der Waals surface area contributed by atoms with Crippen molar-refractivity contribution in [2.24, 2.45) is 5.73 Å². The van der Waals surface area contributed by atoms with Crippen LogP contribution in [0.1, 0.15) is 26.3 Å². The Morgan fingerprint density at radius 3 is 2.52 bits per heavy atom. The second kappa shape index (κ2) is 8.86. The zero-order valence-corrected chi connectivity index (χ0v) is 16.5. The summed E-state index contributed by atoms with van der Waals surface area (Å²) in [6.07, 6.45) is 0. The number of carboxylic acid groups (broad SMARTS) is 1. The maximum Gasteiger partial charge on any atom is 0.337 e. The molecule has 0 radical (unpaired) electrons. The first kappa shape index (κ1) is 20.5. The lowest BCUT2D eigenvalue weighted by Crippen LogP contribution is -2.11. The molecule has 148 valence electrons. The van der Waals surface area contributed by atoms with E-state index in [1.165, 1.54) is 6.07 Å². The molecule has 0 saturated heterocycles. The minimum Gasteiger partial charge on any atom is -0.487 e. The van der Waals surface area contributed by atoms with Gasteiger partial charge in [0.1, 0.15) is 17.4 Å². The Morgan fingerprint density at radius 1 is 1.03 bits per heavy atom. The van der Waals surface area contributed by atoms with Crippen molar-refractivity contribution in [2.45, 2.75) is 6.61 Å². The fraction of sp³-hybridized carbons (Fsp3) is 0.0476. The molecule has 0 aromatic heterocycles. The Morgan fingerprint density at radius 2 is 1.79 bits per heavy atom. The predicted octanol–water partition coefficient (Wildman–Crippen LogP) is 5.11. The van der Waals surface area contributed by atoms with E-state index in [0.717, 1.165) is 5.56 Å². The topological polar surface area (TPSA) is 102 Å². The van der Waals surface area contributed by atoms with E-state index in [-0.39, 0.29) is 17.2 Å². The number of benzene rings is 3. The largest absolute Gasteiger partial charge is 0.487 e. The molecule has 29 heavy (non-hydrogen) atoms. The normalized spacial score (nSPS) is 10.4. The highest BCUT2D eigenvalue weighted by atomic mass is 35.5. The van der Waals surface area contributed by atoms with Gasteiger partial charge < -0.3 is 20.9 Å². The average Bonchev–Trinajstić information content (AvgIpc) is 2.71. The molecular weight excluding hydrogens is 415 g/mol. The van der Waals surface area contributed by atoms with Gasteiger partial charge >= 0.3 is 5.97 Å². The van der Waals surface area contributed by atoms with Crippen LogP contribution < -0.4 is 15.8 Å². The van der Waals surface area contributed by atoms with E-state index in [1.54, 1.807) is 54.6 Å². The number of primary amides is 1. The number of aromatic carboxylic acids is 1. The first-order chi connectivity index (χ1) is 13.9. The number of nitrogens with two attached hydrogens (primary N) is 1. The number of rotatable bonds is 7. The second-order valence-corrected chi connectivity index (χ2v) is 6.85. The zero-order chi connectivity index (χ0) is 21.0. The van der Waals surface area contributed by atoms with E-state index in [1.807, 2.05) is 0 Å². The van der Waals surface area contributed by atoms with Gasteiger partial charge in [-0.3, -0.25) is 4.79 Å². The molecular formula is C21H16Cl2N2O4. The van der Waals surface area contributed by atoms with Crippen LogP contribution in [-0.2, 0) is 6.61 Å². The van der Waals surface area contributed by atoms with Crippen LogP contribution in [0.2, 0.25) is 10.0 Å². The first-order valence-corrected chi connectivity index (χ1v) is 9.21. The number of carboxylic acids is 1. The Bertz CT molecular complexity index is 1090. The molecule has 3 aromatic rings. The van der Waals surface area contributed by atoms with Crippen LogP contribution in [0.5, 0.6) is 5.75 Å². The third kappa shape index (κ3) is 4.80. The standard InChI is InChI=1S/C21H16Cl2N2O4/c22-15-8-9-17(29-11-12-4-3-5-13(10-12)20(24)26)18(23)19(15)25-16-7-2-1-6-14(16)21(27)28/h1-10,25H,11H2,(H2,24,26)(H,27,28). The summed E-state index contributed by atoms with van der Waals surface area (Å²) in [5, 5.41) is 12.8. The molecule has 0 aliphatic heterocycles. The van der Waals surface area contributed by atoms with Gasteiger partial charge in [-0.1, -0.05) is 47.5 Å². The quantitative estimate of drug-likeness (QED) is 0.483. The van der Waals surface area contributed by atoms with Gasteiger partial charge in [-0.2, -0.15) is 0 Å². The van der Waals surface area contributed by atoms with Crippen molar-refractivity contribution in [1.82, 2.24) is 0 Å². The molecule has 0 unspecified atom stereocenters. The number of halogens is 2. The SMILES string of the molecule is NC(=O)c1cccc(COc2ccc(Cl)c(Nc3ccccc3C(=O)O)c2Cl)c1. The number of amides is 1. The summed E-state index contributed by atoms with van der Waals surface area (Å²) in [7, 11) is 0. The lowest BCUT2D eigenvalue weighted by Gasteiger charge is -2.16. The molecule has 0 fully saturated rings. The molecule has 3 rings (SSSR count). The Kier molecular flexibility index (Phi) is 6.26. The molecule has 4 N–H and O–H groups in total. The second-order valence-electron chi connectivity index (χ2n) is 6.06. The van der Waals surface area contributed by atoms with E-state index in [0.29, 0.717) is 27.7 Å². The van der Waals surface area contributed by atoms with E-state index in [2.05, 4.69) is 5.32 Å². The van der Waals surface area contributed by atoms with Crippen molar-refractivity contribution >= 4 is 46.5 Å². The van der Waals surface area contributed by atoms with Gasteiger partial charge in [0.15, 0.2) is 0 Å². The number of ether oxygens (including phenoxy) is 1. The lowest BCUT2D eigenvalue weighted by molar-refractivity contribution is 0.0697. The summed E-state index contributed by atoms with van der Waals surface area (Å²) in [5.41, 5.74) is 7.15. The van der Waals surface area contributed by atoms with Crippen LogP contribution in [-0.4, -0.2) is 17.0 Å². The summed E-state index contributed by atoms with van der Waals surface area (Å²) in [4.78, 5) is 22.7. The fourth-order valence-corrected chi connectivity index (χ4v) is 3.17. The summed E-state index contributed by atoms with van der Waals surface area (Å²) in [5.74, 6) is -1.27. The van der Waals surface area contributed by atoms with Crippen molar-refractivity contribution in [3.05, 3.63) is 87.4 Å². The van der Waals surface area contributed by atoms with Crippen molar-refractivity contribution in [3.8, 4) is 5.75 Å². The van der Waals surface area contributed by atoms with Crippen molar-refractivity contribution in [3.63, 3.8) is 0 Å². The van der Waals surface area contributed by atoms with E-state index < -0.39 is 11.9 Å². The molecule has 0 aliphatic carbocycles. The Hall–Kier alpha value is -3.22. The van der Waals surface area contributed by atoms with Gasteiger partial charge in [0, 0.05) is 5.56 Å². The summed E-state index contributed by atoms with van der Waals surface area (Å²) in [6.45, 7) is 0.146. The molecule has 0 aliphatic rings. The molecule has 1 amide bonds. The third-order valence-corrected chi connectivity index (χ3v) is 4.77. The first-order valence-electron chi connectivity index (χ1n) is 8.45. The molecule has 8 heteroatoms. The summed E-state index contributed by atoms with van der Waals surface area (Å²) in [6, 6.07) is 16.3. The predicted molar refractivity (Wildman–Crippen MR) is 112 cm³/mol. The van der Waals surface area contributed by atoms with E-state index in [9.17, 15) is 14.7 Å². The van der Waals surface area contributed by atoms with Crippen LogP contribution in [0.3, 0.4) is 0 Å². The lowest BCUT2D eigenvalue weighted by atomic mass is 10.1. The van der Waals surface area contributed by atoms with Gasteiger partial charge in [0.05, 0.1) is 22.0 Å². The zero-order valence-electron chi connectivity index (χ0n) is 15.0. The van der Waals surface area contributed by atoms with Gasteiger partial charge in [0.2, 0.25) is 5.91 Å². The Labute approximate surface area is 176 Å². The van der Waals surface area contributed by atoms with Crippen molar-refractivity contribution < 1.29 is 19.4 Å². The monoisotopic (exact) mass is 430 g/mol. The highest BCUT2D eigenvalue weighted by molar-refractivity contribution is 6.40.